The zero-order valence-corrected chi connectivity index (χ0v) is 10.1. The molecule has 1 aliphatic heterocycles. The Morgan fingerprint density at radius 1 is 0.889 bits per heavy atom. The zero-order chi connectivity index (χ0) is 12.4. The second-order valence-corrected chi connectivity index (χ2v) is 4.30. The second kappa shape index (κ2) is 4.61. The first-order chi connectivity index (χ1) is 8.84. The third kappa shape index (κ3) is 1.99. The summed E-state index contributed by atoms with van der Waals surface area (Å²) < 4.78 is 11.3. The molecule has 0 spiro atoms. The van der Waals surface area contributed by atoms with Gasteiger partial charge in [-0.15, -0.1) is 0 Å². The number of hydrogen-bond donors (Lipinski definition) is 1. The molecule has 0 saturated heterocycles. The van der Waals surface area contributed by atoms with Crippen molar-refractivity contribution in [2.75, 3.05) is 18.9 Å². The SMILES string of the molecule is Nc1ccccc1-c1ccc2c(c1)OCCCO2. The highest BCUT2D eigenvalue weighted by atomic mass is 16.5. The van der Waals surface area contributed by atoms with Crippen molar-refractivity contribution >= 4 is 5.69 Å². The van der Waals surface area contributed by atoms with Crippen LogP contribution in [0.25, 0.3) is 11.1 Å². The Morgan fingerprint density at radius 3 is 2.50 bits per heavy atom. The maximum atomic E-state index is 5.99. The number of nitrogen functional groups attached to an aromatic ring is 1. The van der Waals surface area contributed by atoms with E-state index in [9.17, 15) is 0 Å². The molecule has 0 radical (unpaired) electrons. The van der Waals surface area contributed by atoms with Crippen molar-refractivity contribution in [1.29, 1.82) is 0 Å². The van der Waals surface area contributed by atoms with Crippen molar-refractivity contribution in [3.8, 4) is 22.6 Å². The lowest BCUT2D eigenvalue weighted by atomic mass is 10.0. The van der Waals surface area contributed by atoms with Gasteiger partial charge in [0.05, 0.1) is 13.2 Å². The van der Waals surface area contributed by atoms with Crippen molar-refractivity contribution in [3.05, 3.63) is 42.5 Å². The maximum absolute atomic E-state index is 5.99. The number of anilines is 1. The van der Waals surface area contributed by atoms with E-state index in [0.717, 1.165) is 34.7 Å². The smallest absolute Gasteiger partial charge is 0.161 e. The molecule has 1 heterocycles. The van der Waals surface area contributed by atoms with Crippen LogP contribution in [0.4, 0.5) is 5.69 Å². The molecule has 1 aliphatic rings. The highest BCUT2D eigenvalue weighted by Gasteiger charge is 2.12. The van der Waals surface area contributed by atoms with Gasteiger partial charge in [-0.05, 0) is 23.8 Å². The van der Waals surface area contributed by atoms with Crippen LogP contribution in [0.15, 0.2) is 42.5 Å². The lowest BCUT2D eigenvalue weighted by molar-refractivity contribution is 0.297. The number of ether oxygens (including phenoxy) is 2. The molecule has 0 aliphatic carbocycles. The first kappa shape index (κ1) is 11.0. The second-order valence-electron chi connectivity index (χ2n) is 4.30. The minimum atomic E-state index is 0.695. The number of para-hydroxylation sites is 1. The summed E-state index contributed by atoms with van der Waals surface area (Å²) >= 11 is 0. The van der Waals surface area contributed by atoms with Crippen LogP contribution >= 0.6 is 0 Å². The van der Waals surface area contributed by atoms with E-state index in [-0.39, 0.29) is 0 Å². The molecular weight excluding hydrogens is 226 g/mol. The van der Waals surface area contributed by atoms with Gasteiger partial charge in [0.1, 0.15) is 0 Å². The molecule has 18 heavy (non-hydrogen) atoms. The third-order valence-corrected chi connectivity index (χ3v) is 3.02. The van der Waals surface area contributed by atoms with Crippen molar-refractivity contribution in [3.63, 3.8) is 0 Å². The van der Waals surface area contributed by atoms with Crippen LogP contribution in [0.3, 0.4) is 0 Å². The summed E-state index contributed by atoms with van der Waals surface area (Å²) in [6.07, 6.45) is 0.914. The predicted molar refractivity (Wildman–Crippen MR) is 71.9 cm³/mol. The minimum Gasteiger partial charge on any atom is -0.490 e. The van der Waals surface area contributed by atoms with Crippen LogP contribution in [0.5, 0.6) is 11.5 Å². The van der Waals surface area contributed by atoms with Gasteiger partial charge in [0.25, 0.3) is 0 Å². The zero-order valence-electron chi connectivity index (χ0n) is 10.1. The Morgan fingerprint density at radius 2 is 1.67 bits per heavy atom. The van der Waals surface area contributed by atoms with Gasteiger partial charge in [0.2, 0.25) is 0 Å². The van der Waals surface area contributed by atoms with Crippen LogP contribution in [0.1, 0.15) is 6.42 Å². The summed E-state index contributed by atoms with van der Waals surface area (Å²) in [5.74, 6) is 1.61. The van der Waals surface area contributed by atoms with Crippen molar-refractivity contribution < 1.29 is 9.47 Å². The first-order valence-corrected chi connectivity index (χ1v) is 6.09. The van der Waals surface area contributed by atoms with Crippen LogP contribution in [-0.4, -0.2) is 13.2 Å². The Balaban J connectivity index is 2.04. The molecule has 0 amide bonds. The summed E-state index contributed by atoms with van der Waals surface area (Å²) in [7, 11) is 0. The van der Waals surface area contributed by atoms with Crippen molar-refractivity contribution in [1.82, 2.24) is 0 Å². The van der Waals surface area contributed by atoms with Gasteiger partial charge in [-0.1, -0.05) is 24.3 Å². The average molecular weight is 241 g/mol. The molecular formula is C15H15NO2. The average Bonchev–Trinajstić information content (AvgIpc) is 2.63. The lowest BCUT2D eigenvalue weighted by Crippen LogP contribution is -1.97. The van der Waals surface area contributed by atoms with E-state index in [0.29, 0.717) is 13.2 Å². The number of benzene rings is 2. The van der Waals surface area contributed by atoms with Crippen LogP contribution in [0.2, 0.25) is 0 Å². The quantitative estimate of drug-likeness (QED) is 0.780. The number of rotatable bonds is 1. The Kier molecular flexibility index (Phi) is 2.81. The van der Waals surface area contributed by atoms with E-state index >= 15 is 0 Å². The fraction of sp³-hybridized carbons (Fsp3) is 0.200. The van der Waals surface area contributed by atoms with Crippen molar-refractivity contribution in [2.45, 2.75) is 6.42 Å². The number of hydrogen-bond acceptors (Lipinski definition) is 3. The first-order valence-electron chi connectivity index (χ1n) is 6.09. The normalized spacial score (nSPS) is 14.0. The van der Waals surface area contributed by atoms with Crippen LogP contribution in [-0.2, 0) is 0 Å². The number of nitrogens with two attached hydrogens (primary N) is 1. The third-order valence-electron chi connectivity index (χ3n) is 3.02. The summed E-state index contributed by atoms with van der Waals surface area (Å²) in [6, 6.07) is 13.8. The fourth-order valence-corrected chi connectivity index (χ4v) is 2.09. The van der Waals surface area contributed by atoms with E-state index < -0.39 is 0 Å². The Bertz CT molecular complexity index is 566. The summed E-state index contributed by atoms with van der Waals surface area (Å²) in [6.45, 7) is 1.40. The molecule has 92 valence electrons. The topological polar surface area (TPSA) is 44.5 Å². The molecule has 3 nitrogen and oxygen atoms in total. The lowest BCUT2D eigenvalue weighted by Gasteiger charge is -2.10. The van der Waals surface area contributed by atoms with Crippen LogP contribution in [0, 0.1) is 0 Å². The van der Waals surface area contributed by atoms with E-state index in [4.69, 9.17) is 15.2 Å². The molecule has 0 atom stereocenters. The molecule has 3 rings (SSSR count). The highest BCUT2D eigenvalue weighted by Crippen LogP contribution is 2.35. The molecule has 0 fully saturated rings. The molecule has 2 N–H and O–H groups in total. The molecule has 2 aromatic rings. The number of fused-ring (bicyclic) bond motifs is 1. The standard InChI is InChI=1S/C15H15NO2/c16-13-5-2-1-4-12(13)11-6-7-14-15(10-11)18-9-3-8-17-14/h1-2,4-7,10H,3,8-9,16H2. The highest BCUT2D eigenvalue weighted by molar-refractivity contribution is 5.77. The molecule has 0 bridgehead atoms. The van der Waals surface area contributed by atoms with E-state index in [2.05, 4.69) is 0 Å². The van der Waals surface area contributed by atoms with Gasteiger partial charge in [-0.2, -0.15) is 0 Å². The Labute approximate surface area is 106 Å². The molecule has 0 aromatic heterocycles. The van der Waals surface area contributed by atoms with Gasteiger partial charge >= 0.3 is 0 Å². The van der Waals surface area contributed by atoms with Gasteiger partial charge in [-0.25, -0.2) is 0 Å². The predicted octanol–water partition coefficient (Wildman–Crippen LogP) is 3.10. The van der Waals surface area contributed by atoms with Crippen molar-refractivity contribution in [2.24, 2.45) is 0 Å². The Hall–Kier alpha value is -2.16. The molecule has 3 heteroatoms. The summed E-state index contributed by atoms with van der Waals surface area (Å²) in [5, 5.41) is 0. The van der Waals surface area contributed by atoms with E-state index in [1.807, 2.05) is 42.5 Å². The largest absolute Gasteiger partial charge is 0.490 e. The molecule has 0 saturated carbocycles. The fourth-order valence-electron chi connectivity index (χ4n) is 2.09. The molecule has 0 unspecified atom stereocenters. The van der Waals surface area contributed by atoms with Gasteiger partial charge in [0.15, 0.2) is 11.5 Å². The van der Waals surface area contributed by atoms with E-state index in [1.165, 1.54) is 0 Å². The van der Waals surface area contributed by atoms with Gasteiger partial charge in [0, 0.05) is 17.7 Å². The van der Waals surface area contributed by atoms with Crippen LogP contribution < -0.4 is 15.2 Å². The van der Waals surface area contributed by atoms with Gasteiger partial charge in [-0.3, -0.25) is 0 Å². The minimum absolute atomic E-state index is 0.695. The van der Waals surface area contributed by atoms with Gasteiger partial charge < -0.3 is 15.2 Å². The van der Waals surface area contributed by atoms with E-state index in [1.54, 1.807) is 0 Å². The monoisotopic (exact) mass is 241 g/mol. The molecule has 2 aromatic carbocycles. The maximum Gasteiger partial charge on any atom is 0.161 e. The summed E-state index contributed by atoms with van der Waals surface area (Å²) in [5.41, 5.74) is 8.83. The summed E-state index contributed by atoms with van der Waals surface area (Å²) in [4.78, 5) is 0.